The molecule has 0 radical (unpaired) electrons. The standard InChI is InChI=1S/C25H29N3O3/c1-17(18-12-14-19(30-5)15-13-18)27-24(29)28-21-10-8-16-26-23(21)31-22-11-7-6-9-20(22)25(2,3)4/h6-17H,1-5H3,(H2,27,28,29)/t17-/m0/s1. The van der Waals surface area contributed by atoms with Gasteiger partial charge in [0.25, 0.3) is 0 Å². The molecular weight excluding hydrogens is 390 g/mol. The summed E-state index contributed by atoms with van der Waals surface area (Å²) in [6, 6.07) is 18.4. The maximum absolute atomic E-state index is 12.6. The second-order valence-electron chi connectivity index (χ2n) is 8.30. The molecule has 2 aromatic carbocycles. The molecule has 2 N–H and O–H groups in total. The normalized spacial score (nSPS) is 12.0. The van der Waals surface area contributed by atoms with Crippen molar-refractivity contribution in [1.29, 1.82) is 0 Å². The van der Waals surface area contributed by atoms with Crippen LogP contribution in [0.5, 0.6) is 17.4 Å². The number of anilines is 1. The summed E-state index contributed by atoms with van der Waals surface area (Å²) in [6.07, 6.45) is 1.64. The zero-order valence-electron chi connectivity index (χ0n) is 18.6. The Balaban J connectivity index is 1.73. The van der Waals surface area contributed by atoms with Crippen molar-refractivity contribution in [2.24, 2.45) is 0 Å². The smallest absolute Gasteiger partial charge is 0.319 e. The lowest BCUT2D eigenvalue weighted by Crippen LogP contribution is -2.31. The fourth-order valence-corrected chi connectivity index (χ4v) is 3.18. The van der Waals surface area contributed by atoms with E-state index in [1.807, 2.05) is 55.5 Å². The monoisotopic (exact) mass is 419 g/mol. The van der Waals surface area contributed by atoms with E-state index in [1.165, 1.54) is 0 Å². The quantitative estimate of drug-likeness (QED) is 0.509. The Morgan fingerprint density at radius 1 is 1.00 bits per heavy atom. The van der Waals surface area contributed by atoms with Gasteiger partial charge in [0.1, 0.15) is 17.2 Å². The summed E-state index contributed by atoms with van der Waals surface area (Å²) in [5.41, 5.74) is 2.43. The first-order valence-corrected chi connectivity index (χ1v) is 10.2. The summed E-state index contributed by atoms with van der Waals surface area (Å²) in [6.45, 7) is 8.30. The molecule has 6 nitrogen and oxygen atoms in total. The van der Waals surface area contributed by atoms with Gasteiger partial charge in [-0.05, 0) is 48.2 Å². The molecule has 0 aliphatic carbocycles. The van der Waals surface area contributed by atoms with Gasteiger partial charge in [0.15, 0.2) is 0 Å². The van der Waals surface area contributed by atoms with Crippen LogP contribution in [-0.2, 0) is 5.41 Å². The van der Waals surface area contributed by atoms with Gasteiger partial charge in [0, 0.05) is 11.8 Å². The second kappa shape index (κ2) is 9.51. The number of aromatic nitrogens is 1. The maximum Gasteiger partial charge on any atom is 0.319 e. The number of carbonyl (C=O) groups excluding carboxylic acids is 1. The Morgan fingerprint density at radius 3 is 2.39 bits per heavy atom. The Kier molecular flexibility index (Phi) is 6.80. The Labute approximate surface area is 183 Å². The Morgan fingerprint density at radius 2 is 1.71 bits per heavy atom. The number of rotatable bonds is 6. The average molecular weight is 420 g/mol. The highest BCUT2D eigenvalue weighted by molar-refractivity contribution is 5.90. The van der Waals surface area contributed by atoms with Crippen molar-refractivity contribution < 1.29 is 14.3 Å². The van der Waals surface area contributed by atoms with Crippen molar-refractivity contribution in [2.45, 2.75) is 39.2 Å². The molecule has 3 aromatic rings. The zero-order valence-corrected chi connectivity index (χ0v) is 18.6. The molecule has 1 heterocycles. The number of nitrogens with zero attached hydrogens (tertiary/aromatic N) is 1. The third kappa shape index (κ3) is 5.75. The van der Waals surface area contributed by atoms with Gasteiger partial charge in [-0.15, -0.1) is 0 Å². The maximum atomic E-state index is 12.6. The molecule has 0 unspecified atom stereocenters. The molecule has 1 aromatic heterocycles. The highest BCUT2D eigenvalue weighted by Crippen LogP contribution is 2.35. The number of ether oxygens (including phenoxy) is 2. The van der Waals surface area contributed by atoms with Crippen LogP contribution in [0.1, 0.15) is 44.9 Å². The molecule has 162 valence electrons. The highest BCUT2D eigenvalue weighted by atomic mass is 16.5. The van der Waals surface area contributed by atoms with Gasteiger partial charge in [-0.25, -0.2) is 9.78 Å². The van der Waals surface area contributed by atoms with Gasteiger partial charge in [-0.2, -0.15) is 0 Å². The summed E-state index contributed by atoms with van der Waals surface area (Å²) in [7, 11) is 1.62. The van der Waals surface area contributed by atoms with Crippen LogP contribution in [0.15, 0.2) is 66.9 Å². The second-order valence-corrected chi connectivity index (χ2v) is 8.30. The number of hydrogen-bond acceptors (Lipinski definition) is 4. The minimum atomic E-state index is -0.342. The van der Waals surface area contributed by atoms with E-state index in [1.54, 1.807) is 25.4 Å². The molecule has 0 bridgehead atoms. The van der Waals surface area contributed by atoms with Gasteiger partial charge in [0.2, 0.25) is 5.88 Å². The van der Waals surface area contributed by atoms with E-state index in [0.717, 1.165) is 16.9 Å². The molecule has 0 saturated heterocycles. The Bertz CT molecular complexity index is 1030. The van der Waals surface area contributed by atoms with E-state index < -0.39 is 0 Å². The van der Waals surface area contributed by atoms with Crippen LogP contribution in [0.2, 0.25) is 0 Å². The van der Waals surface area contributed by atoms with Crippen LogP contribution in [0.4, 0.5) is 10.5 Å². The first-order chi connectivity index (χ1) is 14.8. The molecular formula is C25H29N3O3. The highest BCUT2D eigenvalue weighted by Gasteiger charge is 2.20. The lowest BCUT2D eigenvalue weighted by molar-refractivity contribution is 0.249. The third-order valence-corrected chi connectivity index (χ3v) is 4.88. The number of urea groups is 1. The number of nitrogens with one attached hydrogen (secondary N) is 2. The third-order valence-electron chi connectivity index (χ3n) is 4.88. The van der Waals surface area contributed by atoms with Gasteiger partial charge < -0.3 is 20.1 Å². The number of hydrogen-bond donors (Lipinski definition) is 2. The van der Waals surface area contributed by atoms with Crippen molar-refractivity contribution in [1.82, 2.24) is 10.3 Å². The van der Waals surface area contributed by atoms with Crippen molar-refractivity contribution in [2.75, 3.05) is 12.4 Å². The molecule has 0 aliphatic rings. The molecule has 2 amide bonds. The van der Waals surface area contributed by atoms with Gasteiger partial charge >= 0.3 is 6.03 Å². The number of methoxy groups -OCH3 is 1. The molecule has 3 rings (SSSR count). The van der Waals surface area contributed by atoms with E-state index in [-0.39, 0.29) is 17.5 Å². The fraction of sp³-hybridized carbons (Fsp3) is 0.280. The lowest BCUT2D eigenvalue weighted by atomic mass is 9.86. The van der Waals surface area contributed by atoms with Crippen LogP contribution >= 0.6 is 0 Å². The van der Waals surface area contributed by atoms with Crippen LogP contribution in [0, 0.1) is 0 Å². The van der Waals surface area contributed by atoms with Crippen LogP contribution in [-0.4, -0.2) is 18.1 Å². The van der Waals surface area contributed by atoms with Gasteiger partial charge in [-0.1, -0.05) is 51.1 Å². The van der Waals surface area contributed by atoms with Crippen molar-refractivity contribution in [3.63, 3.8) is 0 Å². The summed E-state index contributed by atoms with van der Waals surface area (Å²) < 4.78 is 11.3. The average Bonchev–Trinajstić information content (AvgIpc) is 2.74. The first-order valence-electron chi connectivity index (χ1n) is 10.2. The minimum absolute atomic E-state index is 0.0931. The zero-order chi connectivity index (χ0) is 22.4. The van der Waals surface area contributed by atoms with Crippen LogP contribution in [0.3, 0.4) is 0 Å². The fourth-order valence-electron chi connectivity index (χ4n) is 3.18. The van der Waals surface area contributed by atoms with E-state index in [4.69, 9.17) is 9.47 Å². The SMILES string of the molecule is COc1ccc([C@H](C)NC(=O)Nc2cccnc2Oc2ccccc2C(C)(C)C)cc1. The van der Waals surface area contributed by atoms with Crippen LogP contribution < -0.4 is 20.1 Å². The first kappa shape index (κ1) is 22.2. The summed E-state index contributed by atoms with van der Waals surface area (Å²) in [4.78, 5) is 16.9. The summed E-state index contributed by atoms with van der Waals surface area (Å²) >= 11 is 0. The van der Waals surface area contributed by atoms with Gasteiger partial charge in [0.05, 0.1) is 13.2 Å². The van der Waals surface area contributed by atoms with E-state index >= 15 is 0 Å². The van der Waals surface area contributed by atoms with E-state index in [2.05, 4.69) is 36.4 Å². The molecule has 0 saturated carbocycles. The molecule has 6 heteroatoms. The van der Waals surface area contributed by atoms with Crippen molar-refractivity contribution in [3.8, 4) is 17.4 Å². The molecule has 0 fully saturated rings. The minimum Gasteiger partial charge on any atom is -0.497 e. The number of para-hydroxylation sites is 1. The largest absolute Gasteiger partial charge is 0.497 e. The topological polar surface area (TPSA) is 72.5 Å². The number of pyridine rings is 1. The number of benzene rings is 2. The Hall–Kier alpha value is -3.54. The number of carbonyl (C=O) groups is 1. The van der Waals surface area contributed by atoms with E-state index in [0.29, 0.717) is 17.3 Å². The van der Waals surface area contributed by atoms with E-state index in [9.17, 15) is 4.79 Å². The lowest BCUT2D eigenvalue weighted by Gasteiger charge is -2.23. The summed E-state index contributed by atoms with van der Waals surface area (Å²) in [5.74, 6) is 1.82. The molecule has 1 atom stereocenters. The molecule has 31 heavy (non-hydrogen) atoms. The van der Waals surface area contributed by atoms with Crippen molar-refractivity contribution in [3.05, 3.63) is 78.0 Å². The van der Waals surface area contributed by atoms with Gasteiger partial charge in [-0.3, -0.25) is 0 Å². The predicted octanol–water partition coefficient (Wildman–Crippen LogP) is 6.06. The van der Waals surface area contributed by atoms with Crippen molar-refractivity contribution >= 4 is 11.7 Å². The van der Waals surface area contributed by atoms with Crippen LogP contribution in [0.25, 0.3) is 0 Å². The number of amides is 2. The predicted molar refractivity (Wildman–Crippen MR) is 123 cm³/mol. The summed E-state index contributed by atoms with van der Waals surface area (Å²) in [5, 5.41) is 5.78. The molecule has 0 spiro atoms. The molecule has 0 aliphatic heterocycles.